The lowest BCUT2D eigenvalue weighted by atomic mass is 9.59. The second kappa shape index (κ2) is 11.2. The van der Waals surface area contributed by atoms with E-state index in [1.165, 1.54) is 6.92 Å². The Morgan fingerprint density at radius 1 is 1.11 bits per heavy atom. The van der Waals surface area contributed by atoms with Crippen LogP contribution in [0.4, 0.5) is 0 Å². The molecule has 11 heteroatoms. The minimum Gasteiger partial charge on any atom is -0.609 e. The molecule has 204 valence electrons. The van der Waals surface area contributed by atoms with Crippen molar-refractivity contribution in [1.82, 2.24) is 15.6 Å². The number of hydrogen-bond donors (Lipinski definition) is 4. The maximum Gasteiger partial charge on any atom is 0.548 e. The van der Waals surface area contributed by atoms with Crippen molar-refractivity contribution in [3.05, 3.63) is 54.2 Å². The number of hydrogen-bond acceptors (Lipinski definition) is 7. The number of aliphatic hydroxyl groups is 1. The van der Waals surface area contributed by atoms with Gasteiger partial charge in [0.1, 0.15) is 17.8 Å². The van der Waals surface area contributed by atoms with Crippen molar-refractivity contribution >= 4 is 24.5 Å². The molecule has 2 unspecified atom stereocenters. The highest BCUT2D eigenvalue weighted by Crippen LogP contribution is 2.24. The van der Waals surface area contributed by atoms with Gasteiger partial charge in [0, 0.05) is 11.5 Å². The predicted molar refractivity (Wildman–Crippen MR) is 142 cm³/mol. The second-order valence-electron chi connectivity index (χ2n) is 10.9. The van der Waals surface area contributed by atoms with Crippen LogP contribution in [0.2, 0.25) is 0 Å². The zero-order chi connectivity index (χ0) is 27.6. The number of pyridine rings is 1. The molecule has 0 saturated carbocycles. The van der Waals surface area contributed by atoms with Gasteiger partial charge < -0.3 is 29.9 Å². The van der Waals surface area contributed by atoms with E-state index in [1.807, 2.05) is 51.1 Å². The van der Waals surface area contributed by atoms with Crippen LogP contribution in [0.5, 0.6) is 0 Å². The molecule has 38 heavy (non-hydrogen) atoms. The predicted octanol–water partition coefficient (Wildman–Crippen LogP) is 0.486. The summed E-state index contributed by atoms with van der Waals surface area (Å²) in [5, 5.41) is 16.1. The number of nitrogens with zero attached hydrogens (tertiary/aromatic N) is 1. The molecule has 2 fully saturated rings. The lowest BCUT2D eigenvalue weighted by Gasteiger charge is -2.41. The molecular formula is C27H37BN4O6. The van der Waals surface area contributed by atoms with Crippen LogP contribution in [-0.2, 0) is 18.9 Å². The summed E-state index contributed by atoms with van der Waals surface area (Å²) in [6, 6.07) is 12.8. The zero-order valence-corrected chi connectivity index (χ0v) is 22.5. The number of benzene rings is 1. The summed E-state index contributed by atoms with van der Waals surface area (Å²) < 4.78 is 12.0. The normalized spacial score (nSPS) is 26.8. The highest BCUT2D eigenvalue weighted by atomic mass is 16.7. The summed E-state index contributed by atoms with van der Waals surface area (Å²) in [7, 11) is 0. The van der Waals surface area contributed by atoms with Crippen LogP contribution in [0, 0.1) is 5.92 Å². The Kier molecular flexibility index (Phi) is 8.20. The Morgan fingerprint density at radius 2 is 1.82 bits per heavy atom. The number of aliphatic hydroxyl groups excluding tert-OH is 1. The van der Waals surface area contributed by atoms with E-state index in [0.29, 0.717) is 18.7 Å². The second-order valence-corrected chi connectivity index (χ2v) is 10.9. The van der Waals surface area contributed by atoms with Crippen molar-refractivity contribution in [1.29, 1.82) is 0 Å². The van der Waals surface area contributed by atoms with Crippen LogP contribution < -0.4 is 15.4 Å². The summed E-state index contributed by atoms with van der Waals surface area (Å²) in [6.07, 6.45) is -0.707. The number of carbonyl (C=O) groups excluding carboxylic acids is 3. The molecule has 2 aliphatic rings. The van der Waals surface area contributed by atoms with E-state index in [9.17, 15) is 19.5 Å². The number of carbonyl (C=O) groups is 3. The Hall–Kier alpha value is -3.28. The van der Waals surface area contributed by atoms with Gasteiger partial charge in [0.05, 0.1) is 24.4 Å². The lowest BCUT2D eigenvalue weighted by molar-refractivity contribution is -0.831. The van der Waals surface area contributed by atoms with Gasteiger partial charge in [-0.3, -0.25) is 9.59 Å². The summed E-state index contributed by atoms with van der Waals surface area (Å²) in [5.41, 5.74) is 1.58. The molecule has 2 aliphatic heterocycles. The molecule has 2 saturated heterocycles. The first-order valence-electron chi connectivity index (χ1n) is 13.2. The van der Waals surface area contributed by atoms with Crippen molar-refractivity contribution in [3.8, 4) is 11.3 Å². The summed E-state index contributed by atoms with van der Waals surface area (Å²) in [5.74, 6) is -2.02. The minimum absolute atomic E-state index is 0.0123. The first-order valence-corrected chi connectivity index (χ1v) is 13.2. The Balaban J connectivity index is 1.54. The molecule has 2 amide bonds. The maximum absolute atomic E-state index is 13.5. The average Bonchev–Trinajstić information content (AvgIpc) is 3.35. The van der Waals surface area contributed by atoms with Gasteiger partial charge in [0.25, 0.3) is 5.91 Å². The topological polar surface area (TPSA) is 131 Å². The van der Waals surface area contributed by atoms with Crippen LogP contribution >= 0.6 is 0 Å². The molecule has 2 aromatic rings. The molecule has 1 aromatic carbocycles. The molecule has 4 N–H and O–H groups in total. The molecule has 0 radical (unpaired) electrons. The van der Waals surface area contributed by atoms with E-state index >= 15 is 0 Å². The minimum atomic E-state index is -2.21. The molecule has 3 heterocycles. The summed E-state index contributed by atoms with van der Waals surface area (Å²) in [6.45, 7) is 7.42. The number of amides is 2. The monoisotopic (exact) mass is 524 g/mol. The highest BCUT2D eigenvalue weighted by Gasteiger charge is 2.65. The van der Waals surface area contributed by atoms with E-state index in [0.717, 1.165) is 10.4 Å². The number of quaternary nitrogens is 1. The Morgan fingerprint density at radius 3 is 2.47 bits per heavy atom. The maximum atomic E-state index is 13.5. The third kappa shape index (κ3) is 5.45. The SMILES string of the molecule is CC(C)C[C@H](NC(=O)[C@@H](NC(=O)c1cccc(-c2ccccc2)n1)[C@@H](C)O)[B-]12OC[C@@H](C)[NH+]1[C@@H](C)C(=O)O2. The Bertz CT molecular complexity index is 1180. The van der Waals surface area contributed by atoms with E-state index in [1.54, 1.807) is 25.1 Å². The van der Waals surface area contributed by atoms with Gasteiger partial charge in [-0.25, -0.2) is 9.78 Å². The third-order valence-electron chi connectivity index (χ3n) is 7.46. The molecule has 0 spiro atoms. The summed E-state index contributed by atoms with van der Waals surface area (Å²) >= 11 is 0. The Labute approximate surface area is 223 Å². The van der Waals surface area contributed by atoms with Crippen molar-refractivity contribution in [2.45, 2.75) is 71.2 Å². The van der Waals surface area contributed by atoms with E-state index < -0.39 is 42.6 Å². The third-order valence-corrected chi connectivity index (χ3v) is 7.46. The summed E-state index contributed by atoms with van der Waals surface area (Å²) in [4.78, 5) is 44.5. The quantitative estimate of drug-likeness (QED) is 0.351. The molecule has 1 aromatic heterocycles. The molecule has 10 nitrogen and oxygen atoms in total. The van der Waals surface area contributed by atoms with Crippen molar-refractivity contribution in [2.75, 3.05) is 6.61 Å². The highest BCUT2D eigenvalue weighted by molar-refractivity contribution is 6.64. The zero-order valence-electron chi connectivity index (χ0n) is 22.5. The molecule has 7 atom stereocenters. The van der Waals surface area contributed by atoms with E-state index in [2.05, 4.69) is 15.6 Å². The van der Waals surface area contributed by atoms with Gasteiger partial charge in [-0.05, 0) is 38.8 Å². The smallest absolute Gasteiger partial charge is 0.548 e. The van der Waals surface area contributed by atoms with Gasteiger partial charge in [-0.1, -0.05) is 56.7 Å². The van der Waals surface area contributed by atoms with Crippen LogP contribution in [0.3, 0.4) is 0 Å². The molecule has 0 aliphatic carbocycles. The largest absolute Gasteiger partial charge is 0.609 e. The fourth-order valence-corrected chi connectivity index (χ4v) is 5.67. The molecular weight excluding hydrogens is 487 g/mol. The molecule has 0 bridgehead atoms. The van der Waals surface area contributed by atoms with Crippen LogP contribution in [0.1, 0.15) is 51.5 Å². The van der Waals surface area contributed by atoms with Crippen molar-refractivity contribution < 1.29 is 33.6 Å². The van der Waals surface area contributed by atoms with E-state index in [-0.39, 0.29) is 23.6 Å². The van der Waals surface area contributed by atoms with Gasteiger partial charge in [0.2, 0.25) is 5.91 Å². The fraction of sp³-hybridized carbons (Fsp3) is 0.481. The van der Waals surface area contributed by atoms with Crippen LogP contribution in [0.15, 0.2) is 48.5 Å². The number of fused-ring (bicyclic) bond motifs is 1. The standard InChI is InChI=1S/C27H37BN4O6/c1-16(2)14-23(28-32(17(3)15-37-28)18(4)27(36)38-28)30-26(35)24(19(5)33)31-25(34)22-13-9-12-21(29-22)20-10-7-6-8-11-20/h6-13,16-19,23-24,32-33H,14-15H2,1-5H3,(H,30,35)(H,31,34)/t17-,18+,19-,23+,24+,28?/m1/s1. The average molecular weight is 524 g/mol. The van der Waals surface area contributed by atoms with Gasteiger partial charge in [-0.15, -0.1) is 0 Å². The van der Waals surface area contributed by atoms with Gasteiger partial charge in [-0.2, -0.15) is 0 Å². The van der Waals surface area contributed by atoms with Gasteiger partial charge in [0.15, 0.2) is 0 Å². The van der Waals surface area contributed by atoms with Crippen molar-refractivity contribution in [2.24, 2.45) is 5.92 Å². The lowest BCUT2D eigenvalue weighted by Crippen LogP contribution is -3.26. The first kappa shape index (κ1) is 27.8. The number of nitrogens with one attached hydrogen (secondary N) is 3. The fourth-order valence-electron chi connectivity index (χ4n) is 5.67. The van der Waals surface area contributed by atoms with Crippen LogP contribution in [0.25, 0.3) is 11.3 Å². The van der Waals surface area contributed by atoms with Gasteiger partial charge >= 0.3 is 12.7 Å². The number of rotatable bonds is 9. The van der Waals surface area contributed by atoms with E-state index in [4.69, 9.17) is 9.31 Å². The first-order chi connectivity index (χ1) is 18.0. The molecule has 4 rings (SSSR count). The van der Waals surface area contributed by atoms with Crippen LogP contribution in [-0.4, -0.2) is 71.3 Å². The van der Waals surface area contributed by atoms with Crippen molar-refractivity contribution in [3.63, 3.8) is 0 Å². The number of aromatic nitrogens is 1.